The maximum atomic E-state index is 3.42. The Balaban J connectivity index is 2.09. The third-order valence-corrected chi connectivity index (χ3v) is 5.66. The predicted octanol–water partition coefficient (Wildman–Crippen LogP) is 4.75. The summed E-state index contributed by atoms with van der Waals surface area (Å²) < 4.78 is 0. The van der Waals surface area contributed by atoms with Crippen molar-refractivity contribution in [3.05, 3.63) is 34.9 Å². The second kappa shape index (κ2) is 7.45. The summed E-state index contributed by atoms with van der Waals surface area (Å²) >= 11 is 0. The Hall–Kier alpha value is -0.820. The van der Waals surface area contributed by atoms with E-state index in [0.29, 0.717) is 0 Å². The molecule has 1 aliphatic carbocycles. The van der Waals surface area contributed by atoms with Gasteiger partial charge in [-0.3, -0.25) is 0 Å². The second-order valence-electron chi connectivity index (χ2n) is 7.52. The van der Waals surface area contributed by atoms with Crippen LogP contribution in [-0.4, -0.2) is 13.6 Å². The standard InChI is InChI=1S/C20H33N/c1-14(2)18-8-9-19(13-21-5)20(12-18)11-17-7-6-15(3)16(4)10-17/h6-7,10,14,18-21H,8-9,11-13H2,1-5H3. The fourth-order valence-electron chi connectivity index (χ4n) is 3.98. The molecule has 3 unspecified atom stereocenters. The molecule has 3 atom stereocenters. The molecule has 1 nitrogen and oxygen atoms in total. The molecule has 118 valence electrons. The van der Waals surface area contributed by atoms with Crippen molar-refractivity contribution in [1.29, 1.82) is 0 Å². The molecule has 0 spiro atoms. The molecular weight excluding hydrogens is 254 g/mol. The maximum Gasteiger partial charge on any atom is -0.00208 e. The number of hydrogen-bond donors (Lipinski definition) is 1. The zero-order chi connectivity index (χ0) is 15.4. The van der Waals surface area contributed by atoms with Gasteiger partial charge in [0.2, 0.25) is 0 Å². The normalized spacial score (nSPS) is 26.3. The van der Waals surface area contributed by atoms with Gasteiger partial charge in [-0.25, -0.2) is 0 Å². The van der Waals surface area contributed by atoms with Gasteiger partial charge in [0.25, 0.3) is 0 Å². The third-order valence-electron chi connectivity index (χ3n) is 5.66. The zero-order valence-electron chi connectivity index (χ0n) is 14.6. The number of nitrogens with one attached hydrogen (secondary N) is 1. The van der Waals surface area contributed by atoms with Gasteiger partial charge in [0.1, 0.15) is 0 Å². The van der Waals surface area contributed by atoms with Crippen molar-refractivity contribution in [3.8, 4) is 0 Å². The first-order chi connectivity index (χ1) is 10.0. The van der Waals surface area contributed by atoms with Gasteiger partial charge in [0.15, 0.2) is 0 Å². The lowest BCUT2D eigenvalue weighted by Gasteiger charge is -2.38. The molecular formula is C20H33N. The van der Waals surface area contributed by atoms with Crippen LogP contribution in [0.2, 0.25) is 0 Å². The Morgan fingerprint density at radius 3 is 2.48 bits per heavy atom. The molecule has 0 heterocycles. The molecule has 0 aliphatic heterocycles. The van der Waals surface area contributed by atoms with Crippen molar-refractivity contribution in [2.75, 3.05) is 13.6 Å². The first-order valence-corrected chi connectivity index (χ1v) is 8.72. The average Bonchev–Trinajstić information content (AvgIpc) is 2.45. The average molecular weight is 287 g/mol. The lowest BCUT2D eigenvalue weighted by molar-refractivity contribution is 0.146. The van der Waals surface area contributed by atoms with Crippen molar-refractivity contribution in [3.63, 3.8) is 0 Å². The molecule has 1 aliphatic rings. The fraction of sp³-hybridized carbons (Fsp3) is 0.700. The summed E-state index contributed by atoms with van der Waals surface area (Å²) in [5.74, 6) is 3.46. The molecule has 2 rings (SSSR count). The van der Waals surface area contributed by atoms with Crippen LogP contribution in [0.3, 0.4) is 0 Å². The highest BCUT2D eigenvalue weighted by molar-refractivity contribution is 5.30. The van der Waals surface area contributed by atoms with Crippen LogP contribution in [-0.2, 0) is 6.42 Å². The van der Waals surface area contributed by atoms with Gasteiger partial charge in [-0.2, -0.15) is 0 Å². The Morgan fingerprint density at radius 2 is 1.86 bits per heavy atom. The van der Waals surface area contributed by atoms with Gasteiger partial charge in [-0.1, -0.05) is 32.0 Å². The van der Waals surface area contributed by atoms with Gasteiger partial charge >= 0.3 is 0 Å². The number of hydrogen-bond acceptors (Lipinski definition) is 1. The summed E-state index contributed by atoms with van der Waals surface area (Å²) in [6, 6.07) is 7.04. The first-order valence-electron chi connectivity index (χ1n) is 8.72. The first kappa shape index (κ1) is 16.5. The lowest BCUT2D eigenvalue weighted by atomic mass is 9.68. The Kier molecular flexibility index (Phi) is 5.87. The lowest BCUT2D eigenvalue weighted by Crippen LogP contribution is -2.34. The summed E-state index contributed by atoms with van der Waals surface area (Å²) in [5, 5.41) is 3.42. The summed E-state index contributed by atoms with van der Waals surface area (Å²) in [6.07, 6.45) is 5.50. The van der Waals surface area contributed by atoms with Crippen LogP contribution >= 0.6 is 0 Å². The van der Waals surface area contributed by atoms with Gasteiger partial charge in [0.05, 0.1) is 0 Å². The van der Waals surface area contributed by atoms with E-state index < -0.39 is 0 Å². The summed E-state index contributed by atoms with van der Waals surface area (Å²) in [5.41, 5.74) is 4.39. The van der Waals surface area contributed by atoms with E-state index in [-0.39, 0.29) is 0 Å². The highest BCUT2D eigenvalue weighted by Gasteiger charge is 2.31. The van der Waals surface area contributed by atoms with Crippen molar-refractivity contribution in [2.45, 2.75) is 53.4 Å². The number of benzene rings is 1. The van der Waals surface area contributed by atoms with Gasteiger partial charge in [-0.05, 0) is 93.5 Å². The molecule has 1 aromatic carbocycles. The fourth-order valence-corrected chi connectivity index (χ4v) is 3.98. The molecule has 0 saturated heterocycles. The number of rotatable bonds is 5. The summed E-state index contributed by atoms with van der Waals surface area (Å²) in [4.78, 5) is 0. The minimum absolute atomic E-state index is 0.836. The monoisotopic (exact) mass is 287 g/mol. The van der Waals surface area contributed by atoms with E-state index in [0.717, 1.165) is 23.7 Å². The topological polar surface area (TPSA) is 12.0 Å². The predicted molar refractivity (Wildman–Crippen MR) is 92.7 cm³/mol. The Bertz CT molecular complexity index is 449. The van der Waals surface area contributed by atoms with E-state index >= 15 is 0 Å². The van der Waals surface area contributed by atoms with Crippen LogP contribution in [0.5, 0.6) is 0 Å². The largest absolute Gasteiger partial charge is 0.319 e. The van der Waals surface area contributed by atoms with E-state index in [4.69, 9.17) is 0 Å². The second-order valence-corrected chi connectivity index (χ2v) is 7.52. The molecule has 21 heavy (non-hydrogen) atoms. The van der Waals surface area contributed by atoms with Crippen LogP contribution in [0.25, 0.3) is 0 Å². The molecule has 0 bridgehead atoms. The molecule has 0 amide bonds. The smallest absolute Gasteiger partial charge is 0.00208 e. The summed E-state index contributed by atoms with van der Waals surface area (Å²) in [7, 11) is 2.10. The van der Waals surface area contributed by atoms with Crippen molar-refractivity contribution in [1.82, 2.24) is 5.32 Å². The number of aryl methyl sites for hydroxylation is 2. The van der Waals surface area contributed by atoms with E-state index in [1.165, 1.54) is 48.9 Å². The zero-order valence-corrected chi connectivity index (χ0v) is 14.6. The van der Waals surface area contributed by atoms with Crippen LogP contribution < -0.4 is 5.32 Å². The van der Waals surface area contributed by atoms with Crippen LogP contribution in [0, 0.1) is 37.5 Å². The SMILES string of the molecule is CNCC1CCC(C(C)C)CC1Cc1ccc(C)c(C)c1. The van der Waals surface area contributed by atoms with Crippen LogP contribution in [0.15, 0.2) is 18.2 Å². The highest BCUT2D eigenvalue weighted by atomic mass is 14.8. The van der Waals surface area contributed by atoms with E-state index in [1.54, 1.807) is 0 Å². The quantitative estimate of drug-likeness (QED) is 0.823. The van der Waals surface area contributed by atoms with Crippen molar-refractivity contribution < 1.29 is 0 Å². The van der Waals surface area contributed by atoms with E-state index in [1.807, 2.05) is 0 Å². The molecule has 0 radical (unpaired) electrons. The Morgan fingerprint density at radius 1 is 1.10 bits per heavy atom. The van der Waals surface area contributed by atoms with Crippen LogP contribution in [0.1, 0.15) is 49.8 Å². The highest BCUT2D eigenvalue weighted by Crippen LogP contribution is 2.39. The molecule has 1 aromatic rings. The van der Waals surface area contributed by atoms with Crippen molar-refractivity contribution >= 4 is 0 Å². The van der Waals surface area contributed by atoms with E-state index in [9.17, 15) is 0 Å². The molecule has 1 saturated carbocycles. The minimum Gasteiger partial charge on any atom is -0.319 e. The van der Waals surface area contributed by atoms with Gasteiger partial charge < -0.3 is 5.32 Å². The van der Waals surface area contributed by atoms with Crippen molar-refractivity contribution in [2.24, 2.45) is 23.7 Å². The minimum atomic E-state index is 0.836. The maximum absolute atomic E-state index is 3.42. The molecule has 1 heteroatoms. The van der Waals surface area contributed by atoms with Gasteiger partial charge in [-0.15, -0.1) is 0 Å². The molecule has 1 fully saturated rings. The van der Waals surface area contributed by atoms with E-state index in [2.05, 4.69) is 58.3 Å². The summed E-state index contributed by atoms with van der Waals surface area (Å²) in [6.45, 7) is 10.4. The molecule has 0 aromatic heterocycles. The third kappa shape index (κ3) is 4.32. The molecule has 1 N–H and O–H groups in total. The van der Waals surface area contributed by atoms with Gasteiger partial charge in [0, 0.05) is 0 Å². The van der Waals surface area contributed by atoms with Crippen LogP contribution in [0.4, 0.5) is 0 Å². The Labute approximate surface area is 131 Å².